The lowest BCUT2D eigenvalue weighted by atomic mass is 10.0. The molecule has 0 aliphatic carbocycles. The van der Waals surface area contributed by atoms with Crippen molar-refractivity contribution < 1.29 is 17.9 Å². The molecule has 2 aromatic rings. The molecule has 21 heavy (non-hydrogen) atoms. The van der Waals surface area contributed by atoms with Crippen LogP contribution in [0.1, 0.15) is 5.56 Å². The first-order valence-electron chi connectivity index (χ1n) is 6.41. The summed E-state index contributed by atoms with van der Waals surface area (Å²) in [6, 6.07) is 4.35. The van der Waals surface area contributed by atoms with E-state index in [0.29, 0.717) is 37.6 Å². The zero-order valence-corrected chi connectivity index (χ0v) is 11.8. The van der Waals surface area contributed by atoms with Crippen molar-refractivity contribution in [2.24, 2.45) is 0 Å². The van der Waals surface area contributed by atoms with Crippen molar-refractivity contribution in [3.8, 4) is 11.3 Å². The summed E-state index contributed by atoms with van der Waals surface area (Å²) >= 11 is 1.24. The Morgan fingerprint density at radius 2 is 2.00 bits per heavy atom. The number of nitrogens with zero attached hydrogens (tertiary/aromatic N) is 2. The van der Waals surface area contributed by atoms with Crippen LogP contribution in [0.5, 0.6) is 0 Å². The summed E-state index contributed by atoms with van der Waals surface area (Å²) in [6.45, 7) is 1.82. The van der Waals surface area contributed by atoms with E-state index in [-0.39, 0.29) is 5.69 Å². The maximum Gasteiger partial charge on any atom is 0.418 e. The van der Waals surface area contributed by atoms with E-state index in [1.54, 1.807) is 16.3 Å². The number of morpholine rings is 1. The fourth-order valence-electron chi connectivity index (χ4n) is 2.32. The van der Waals surface area contributed by atoms with Gasteiger partial charge < -0.3 is 9.64 Å². The lowest BCUT2D eigenvalue weighted by Gasteiger charge is -2.31. The van der Waals surface area contributed by atoms with Gasteiger partial charge in [0, 0.05) is 29.7 Å². The van der Waals surface area contributed by atoms with E-state index >= 15 is 0 Å². The van der Waals surface area contributed by atoms with E-state index < -0.39 is 11.7 Å². The van der Waals surface area contributed by atoms with Crippen LogP contribution >= 0.6 is 11.3 Å². The average molecular weight is 313 g/mol. The van der Waals surface area contributed by atoms with E-state index in [0.717, 1.165) is 6.07 Å². The SMILES string of the molecule is FC(F)(F)c1cc(-c2cs[c]n2)ccc1N1CCOCC1. The summed E-state index contributed by atoms with van der Waals surface area (Å²) < 4.78 is 45.2. The van der Waals surface area contributed by atoms with Crippen LogP contribution in [0.4, 0.5) is 18.9 Å². The molecule has 3 rings (SSSR count). The summed E-state index contributed by atoms with van der Waals surface area (Å²) in [7, 11) is 0. The van der Waals surface area contributed by atoms with Crippen molar-refractivity contribution in [2.45, 2.75) is 6.18 Å². The van der Waals surface area contributed by atoms with Gasteiger partial charge in [0.2, 0.25) is 0 Å². The lowest BCUT2D eigenvalue weighted by Crippen LogP contribution is -2.37. The molecule has 1 aromatic carbocycles. The number of thiazole rings is 1. The summed E-state index contributed by atoms with van der Waals surface area (Å²) in [4.78, 5) is 5.66. The van der Waals surface area contributed by atoms with Gasteiger partial charge in [-0.1, -0.05) is 6.07 Å². The second-order valence-electron chi connectivity index (χ2n) is 4.65. The van der Waals surface area contributed by atoms with Crippen molar-refractivity contribution in [3.05, 3.63) is 34.7 Å². The van der Waals surface area contributed by atoms with Crippen LogP contribution in [-0.4, -0.2) is 31.3 Å². The Morgan fingerprint density at radius 3 is 2.62 bits per heavy atom. The highest BCUT2D eigenvalue weighted by molar-refractivity contribution is 7.07. The molecule has 0 N–H and O–H groups in total. The Kier molecular flexibility index (Phi) is 3.86. The zero-order chi connectivity index (χ0) is 14.9. The van der Waals surface area contributed by atoms with Crippen molar-refractivity contribution in [2.75, 3.05) is 31.2 Å². The van der Waals surface area contributed by atoms with Gasteiger partial charge in [-0.25, -0.2) is 4.98 Å². The third-order valence-electron chi connectivity index (χ3n) is 3.34. The van der Waals surface area contributed by atoms with Crippen LogP contribution in [0, 0.1) is 5.51 Å². The number of ether oxygens (including phenoxy) is 1. The van der Waals surface area contributed by atoms with E-state index in [1.165, 1.54) is 17.4 Å². The Morgan fingerprint density at radius 1 is 1.24 bits per heavy atom. The first kappa shape index (κ1) is 14.3. The summed E-state index contributed by atoms with van der Waals surface area (Å²) in [6.07, 6.45) is -4.40. The third-order valence-corrected chi connectivity index (χ3v) is 3.88. The van der Waals surface area contributed by atoms with Gasteiger partial charge in [0.1, 0.15) is 0 Å². The Balaban J connectivity index is 2.03. The van der Waals surface area contributed by atoms with Gasteiger partial charge in [-0.05, 0) is 12.1 Å². The minimum atomic E-state index is -4.40. The number of alkyl halides is 3. The molecule has 1 aromatic heterocycles. The molecule has 0 unspecified atom stereocenters. The molecule has 7 heteroatoms. The van der Waals surface area contributed by atoms with Crippen LogP contribution in [0.2, 0.25) is 0 Å². The molecular formula is C14H12F3N2OS. The van der Waals surface area contributed by atoms with Gasteiger partial charge in [-0.3, -0.25) is 0 Å². The summed E-state index contributed by atoms with van der Waals surface area (Å²) in [5.74, 6) is 0. The van der Waals surface area contributed by atoms with E-state index in [9.17, 15) is 13.2 Å². The van der Waals surface area contributed by atoms with Gasteiger partial charge in [0.15, 0.2) is 5.51 Å². The first-order valence-corrected chi connectivity index (χ1v) is 7.29. The highest BCUT2D eigenvalue weighted by Gasteiger charge is 2.35. The molecule has 0 saturated carbocycles. The monoisotopic (exact) mass is 313 g/mol. The molecule has 1 saturated heterocycles. The lowest BCUT2D eigenvalue weighted by molar-refractivity contribution is -0.137. The van der Waals surface area contributed by atoms with Crippen LogP contribution < -0.4 is 4.90 Å². The molecule has 1 fully saturated rings. The Bertz CT molecular complexity index is 607. The average Bonchev–Trinajstić information content (AvgIpc) is 3.01. The maximum atomic E-state index is 13.3. The standard InChI is InChI=1S/C14H12F3N2OS/c15-14(16,17)11-7-10(12-8-21-9-18-12)1-2-13(11)19-3-5-20-6-4-19/h1-2,7-8H,3-6H2. The van der Waals surface area contributed by atoms with Crippen molar-refractivity contribution in [1.82, 2.24) is 4.98 Å². The molecule has 2 heterocycles. The minimum Gasteiger partial charge on any atom is -0.378 e. The third kappa shape index (κ3) is 3.03. The fraction of sp³-hybridized carbons (Fsp3) is 0.357. The molecule has 1 aliphatic rings. The largest absolute Gasteiger partial charge is 0.418 e. The molecule has 0 spiro atoms. The molecular weight excluding hydrogens is 301 g/mol. The summed E-state index contributed by atoms with van der Waals surface area (Å²) in [5, 5.41) is 1.68. The highest BCUT2D eigenvalue weighted by atomic mass is 32.1. The quantitative estimate of drug-likeness (QED) is 0.849. The van der Waals surface area contributed by atoms with Gasteiger partial charge in [0.05, 0.1) is 24.5 Å². The molecule has 0 amide bonds. The van der Waals surface area contributed by atoms with Crippen LogP contribution in [0.15, 0.2) is 23.6 Å². The topological polar surface area (TPSA) is 25.4 Å². The molecule has 1 radical (unpaired) electrons. The number of hydrogen-bond acceptors (Lipinski definition) is 4. The molecule has 0 atom stereocenters. The van der Waals surface area contributed by atoms with Crippen molar-refractivity contribution in [1.29, 1.82) is 0 Å². The van der Waals surface area contributed by atoms with Gasteiger partial charge in [-0.15, -0.1) is 11.3 Å². The number of hydrogen-bond donors (Lipinski definition) is 0. The number of rotatable bonds is 2. The zero-order valence-electron chi connectivity index (χ0n) is 11.0. The Labute approximate surface area is 124 Å². The van der Waals surface area contributed by atoms with Crippen LogP contribution in [0.3, 0.4) is 0 Å². The number of halogens is 3. The highest BCUT2D eigenvalue weighted by Crippen LogP contribution is 2.39. The van der Waals surface area contributed by atoms with Crippen molar-refractivity contribution in [3.63, 3.8) is 0 Å². The van der Waals surface area contributed by atoms with Crippen molar-refractivity contribution >= 4 is 17.0 Å². The van der Waals surface area contributed by atoms with Gasteiger partial charge in [-0.2, -0.15) is 13.2 Å². The molecule has 0 bridgehead atoms. The van der Waals surface area contributed by atoms with Crippen LogP contribution in [-0.2, 0) is 10.9 Å². The second-order valence-corrected chi connectivity index (χ2v) is 5.31. The fourth-order valence-corrected chi connectivity index (χ4v) is 2.82. The molecule has 3 nitrogen and oxygen atoms in total. The molecule has 1 aliphatic heterocycles. The molecule has 111 valence electrons. The van der Waals surface area contributed by atoms with Crippen LogP contribution in [0.25, 0.3) is 11.3 Å². The normalized spacial score (nSPS) is 16.2. The predicted octanol–water partition coefficient (Wildman–Crippen LogP) is 3.47. The first-order chi connectivity index (χ1) is 10.1. The second kappa shape index (κ2) is 5.65. The summed E-state index contributed by atoms with van der Waals surface area (Å²) in [5.41, 5.74) is 3.19. The van der Waals surface area contributed by atoms with Gasteiger partial charge in [0.25, 0.3) is 0 Å². The Hall–Kier alpha value is -1.60. The number of benzene rings is 1. The van der Waals surface area contributed by atoms with Gasteiger partial charge >= 0.3 is 6.18 Å². The number of anilines is 1. The van der Waals surface area contributed by atoms with E-state index in [1.807, 2.05) is 0 Å². The van der Waals surface area contributed by atoms with E-state index in [2.05, 4.69) is 10.5 Å². The van der Waals surface area contributed by atoms with E-state index in [4.69, 9.17) is 4.74 Å². The predicted molar refractivity (Wildman–Crippen MR) is 74.4 cm³/mol. The smallest absolute Gasteiger partial charge is 0.378 e. The maximum absolute atomic E-state index is 13.3. The number of aromatic nitrogens is 1. The minimum absolute atomic E-state index is 0.203.